The van der Waals surface area contributed by atoms with Crippen molar-refractivity contribution < 1.29 is 9.53 Å². The summed E-state index contributed by atoms with van der Waals surface area (Å²) in [5.41, 5.74) is 8.98. The Kier molecular flexibility index (Phi) is 6.49. The second-order valence-electron chi connectivity index (χ2n) is 11.0. The molecule has 9 heteroatoms. The van der Waals surface area contributed by atoms with E-state index in [0.717, 1.165) is 31.5 Å². The van der Waals surface area contributed by atoms with Crippen molar-refractivity contribution in [3.63, 3.8) is 0 Å². The lowest BCUT2D eigenvalue weighted by Gasteiger charge is -2.32. The molecule has 5 rings (SSSR count). The number of fused-ring (bicyclic) bond motifs is 3. The molecule has 2 bridgehead atoms. The molecule has 1 aromatic carbocycles. The number of rotatable bonds is 6. The second kappa shape index (κ2) is 9.47. The molecule has 8 nitrogen and oxygen atoms in total. The van der Waals surface area contributed by atoms with Gasteiger partial charge in [0.1, 0.15) is 11.1 Å². The highest BCUT2D eigenvalue weighted by Gasteiger charge is 2.47. The first-order valence-electron chi connectivity index (χ1n) is 12.7. The van der Waals surface area contributed by atoms with Crippen LogP contribution < -0.4 is 21.3 Å². The maximum absolute atomic E-state index is 11.5. The van der Waals surface area contributed by atoms with E-state index in [1.165, 1.54) is 11.3 Å². The van der Waals surface area contributed by atoms with Crippen LogP contribution in [-0.4, -0.2) is 40.8 Å². The number of nitrogens with two attached hydrogens (primary N) is 1. The first-order valence-corrected chi connectivity index (χ1v) is 13.1. The minimum Gasteiger partial charge on any atom is -0.444 e. The molecular formula is C27H35ClN6O2. The van der Waals surface area contributed by atoms with Crippen LogP contribution in [0, 0.1) is 11.8 Å². The molecule has 3 aliphatic rings. The zero-order chi connectivity index (χ0) is 25.6. The van der Waals surface area contributed by atoms with Gasteiger partial charge in [0.25, 0.3) is 0 Å². The number of nitrogens with zero attached hydrogens (tertiary/aromatic N) is 3. The number of anilines is 4. The zero-order valence-corrected chi connectivity index (χ0v) is 22.0. The van der Waals surface area contributed by atoms with E-state index in [-0.39, 0.29) is 29.4 Å². The Bertz CT molecular complexity index is 1180. The smallest absolute Gasteiger partial charge is 0.404 e. The van der Waals surface area contributed by atoms with Gasteiger partial charge in [-0.1, -0.05) is 43.7 Å². The van der Waals surface area contributed by atoms with Gasteiger partial charge >= 0.3 is 6.09 Å². The molecule has 1 fully saturated rings. The fraction of sp³-hybridized carbons (Fsp3) is 0.519. The molecule has 1 amide bonds. The van der Waals surface area contributed by atoms with Crippen LogP contribution in [0.5, 0.6) is 0 Å². The molecular weight excluding hydrogens is 476 g/mol. The Labute approximate surface area is 217 Å². The summed E-state index contributed by atoms with van der Waals surface area (Å²) in [5.74, 6) is 1.30. The van der Waals surface area contributed by atoms with E-state index in [2.05, 4.69) is 83.5 Å². The highest BCUT2D eigenvalue weighted by Crippen LogP contribution is 2.43. The monoisotopic (exact) mass is 510 g/mol. The third-order valence-corrected chi connectivity index (χ3v) is 8.08. The first-order chi connectivity index (χ1) is 17.1. The topological polar surface area (TPSA) is 105 Å². The van der Waals surface area contributed by atoms with Gasteiger partial charge in [0.05, 0.1) is 12.2 Å². The summed E-state index contributed by atoms with van der Waals surface area (Å²) in [6.45, 7) is 10.2. The average molecular weight is 511 g/mol. The summed E-state index contributed by atoms with van der Waals surface area (Å²) < 4.78 is 5.42. The molecule has 0 spiro atoms. The van der Waals surface area contributed by atoms with E-state index >= 15 is 0 Å². The molecule has 2 heterocycles. The Balaban J connectivity index is 1.40. The fourth-order valence-electron chi connectivity index (χ4n) is 5.98. The van der Waals surface area contributed by atoms with Crippen molar-refractivity contribution in [3.05, 3.63) is 47.1 Å². The van der Waals surface area contributed by atoms with Crippen LogP contribution in [0.3, 0.4) is 0 Å². The van der Waals surface area contributed by atoms with Gasteiger partial charge < -0.3 is 26.0 Å². The van der Waals surface area contributed by atoms with Crippen molar-refractivity contribution in [3.8, 4) is 0 Å². The van der Waals surface area contributed by atoms with E-state index in [1.54, 1.807) is 6.20 Å². The lowest BCUT2D eigenvalue weighted by atomic mass is 9.80. The van der Waals surface area contributed by atoms with Gasteiger partial charge in [-0.25, -0.2) is 9.78 Å². The Morgan fingerprint density at radius 2 is 2.06 bits per heavy atom. The zero-order valence-electron chi connectivity index (χ0n) is 21.3. The maximum atomic E-state index is 11.5. The lowest BCUT2D eigenvalue weighted by molar-refractivity contribution is 0.0853. The molecule has 36 heavy (non-hydrogen) atoms. The molecule has 1 saturated carbocycles. The van der Waals surface area contributed by atoms with Crippen LogP contribution in [0.15, 0.2) is 36.5 Å². The second-order valence-corrected chi connectivity index (χ2v) is 11.4. The minimum atomic E-state index is -0.772. The molecule has 0 radical (unpaired) electrons. The van der Waals surface area contributed by atoms with E-state index in [0.29, 0.717) is 22.8 Å². The normalized spacial score (nSPS) is 26.0. The third-order valence-electron chi connectivity index (χ3n) is 7.80. The fourth-order valence-corrected chi connectivity index (χ4v) is 6.12. The summed E-state index contributed by atoms with van der Waals surface area (Å²) in [4.78, 5) is 23.0. The maximum Gasteiger partial charge on any atom is 0.404 e. The van der Waals surface area contributed by atoms with Crippen LogP contribution in [0.4, 0.5) is 27.9 Å². The van der Waals surface area contributed by atoms with E-state index in [4.69, 9.17) is 22.1 Å². The molecule has 2 aromatic rings. The number of halogens is 1. The van der Waals surface area contributed by atoms with Crippen LogP contribution in [-0.2, 0) is 10.2 Å². The molecule has 192 valence electrons. The van der Waals surface area contributed by atoms with Crippen molar-refractivity contribution in [1.82, 2.24) is 9.97 Å². The highest BCUT2D eigenvalue weighted by atomic mass is 35.5. The summed E-state index contributed by atoms with van der Waals surface area (Å²) in [5, 5.41) is 7.16. The molecule has 1 aromatic heterocycles. The van der Waals surface area contributed by atoms with Gasteiger partial charge in [0, 0.05) is 35.8 Å². The predicted octanol–water partition coefficient (Wildman–Crippen LogP) is 5.61. The quantitative estimate of drug-likeness (QED) is 0.434. The number of primary amides is 1. The SMILES string of the molecule is CC(C)N1CCCC(C)(C)c2ccc(Nc3ncc(Cl)c(N[C@H]4[C@@H](OC(N)=O)[C@@H]5C=C[C@H]4C5)n3)cc21. The molecule has 2 aliphatic carbocycles. The van der Waals surface area contributed by atoms with Crippen molar-refractivity contribution in [2.45, 2.75) is 70.6 Å². The van der Waals surface area contributed by atoms with Gasteiger partial charge in [-0.05, 0) is 56.2 Å². The highest BCUT2D eigenvalue weighted by molar-refractivity contribution is 6.32. The minimum absolute atomic E-state index is 0.115. The van der Waals surface area contributed by atoms with Crippen LogP contribution >= 0.6 is 11.6 Å². The summed E-state index contributed by atoms with van der Waals surface area (Å²) >= 11 is 6.46. The van der Waals surface area contributed by atoms with E-state index in [9.17, 15) is 4.79 Å². The molecule has 0 unspecified atom stereocenters. The van der Waals surface area contributed by atoms with Gasteiger partial charge in [0.15, 0.2) is 5.82 Å². The number of hydrogen-bond donors (Lipinski definition) is 3. The van der Waals surface area contributed by atoms with Crippen molar-refractivity contribution in [2.24, 2.45) is 17.6 Å². The van der Waals surface area contributed by atoms with Gasteiger partial charge in [-0.15, -0.1) is 0 Å². The molecule has 4 atom stereocenters. The van der Waals surface area contributed by atoms with E-state index in [1.807, 2.05) is 0 Å². The predicted molar refractivity (Wildman–Crippen MR) is 144 cm³/mol. The van der Waals surface area contributed by atoms with Crippen molar-refractivity contribution in [2.75, 3.05) is 22.1 Å². The first kappa shape index (κ1) is 24.7. The van der Waals surface area contributed by atoms with Crippen LogP contribution in [0.1, 0.15) is 52.5 Å². The third kappa shape index (κ3) is 4.71. The summed E-state index contributed by atoms with van der Waals surface area (Å²) in [6, 6.07) is 6.77. The number of hydrogen-bond acceptors (Lipinski definition) is 7. The Morgan fingerprint density at radius 1 is 1.28 bits per heavy atom. The number of benzene rings is 1. The summed E-state index contributed by atoms with van der Waals surface area (Å²) in [7, 11) is 0. The van der Waals surface area contributed by atoms with Gasteiger partial charge in [-0.2, -0.15) is 4.98 Å². The molecule has 4 N–H and O–H groups in total. The lowest BCUT2D eigenvalue weighted by Crippen LogP contribution is -2.41. The van der Waals surface area contributed by atoms with Crippen LogP contribution in [0.2, 0.25) is 5.02 Å². The number of amides is 1. The number of aromatic nitrogens is 2. The van der Waals surface area contributed by atoms with Crippen molar-refractivity contribution >= 4 is 40.8 Å². The largest absolute Gasteiger partial charge is 0.444 e. The Morgan fingerprint density at radius 3 is 2.81 bits per heavy atom. The standard InChI is InChI=1S/C27H35ClN6O2/c1-15(2)34-11-5-10-27(3,4)19-9-8-18(13-21(19)34)31-26-30-14-20(28)24(33-26)32-22-16-6-7-17(12-16)23(22)36-25(29)35/h6-9,13-17,22-23H,5,10-12H2,1-4H3,(H2,29,35)(H2,30,31,32,33)/t16-,17+,22+,23-/m0/s1. The number of carbonyl (C=O) groups is 1. The van der Waals surface area contributed by atoms with Gasteiger partial charge in [-0.3, -0.25) is 0 Å². The number of carbonyl (C=O) groups excluding carboxylic acids is 1. The number of ether oxygens (including phenoxy) is 1. The average Bonchev–Trinajstić information content (AvgIpc) is 3.37. The van der Waals surface area contributed by atoms with Gasteiger partial charge in [0.2, 0.25) is 5.95 Å². The molecule has 1 aliphatic heterocycles. The van der Waals surface area contributed by atoms with E-state index < -0.39 is 6.09 Å². The Hall–Kier alpha value is -3.00. The number of nitrogens with one attached hydrogen (secondary N) is 2. The van der Waals surface area contributed by atoms with Crippen molar-refractivity contribution in [1.29, 1.82) is 0 Å². The summed E-state index contributed by atoms with van der Waals surface area (Å²) in [6.07, 6.45) is 7.92. The van der Waals surface area contributed by atoms with Crippen LogP contribution in [0.25, 0.3) is 0 Å². The molecule has 0 saturated heterocycles.